The largest absolute Gasteiger partial charge is 0.423 e. The molecule has 0 aromatic heterocycles. The van der Waals surface area contributed by atoms with Gasteiger partial charge in [-0.15, -0.1) is 0 Å². The topological polar surface area (TPSA) is 52.6 Å². The first-order valence-electron chi connectivity index (χ1n) is 8.58. The van der Waals surface area contributed by atoms with Gasteiger partial charge in [-0.2, -0.15) is 0 Å². The maximum Gasteiger partial charge on any atom is 0.343 e. The molecule has 0 N–H and O–H groups in total. The van der Waals surface area contributed by atoms with E-state index in [4.69, 9.17) is 9.47 Å². The molecule has 0 saturated carbocycles. The second-order valence-corrected chi connectivity index (χ2v) is 5.90. The summed E-state index contributed by atoms with van der Waals surface area (Å²) in [6.07, 6.45) is 3.39. The van der Waals surface area contributed by atoms with Crippen LogP contribution in [0.15, 0.2) is 86.0 Å². The first-order chi connectivity index (χ1) is 13.6. The molecule has 0 atom stereocenters. The smallest absolute Gasteiger partial charge is 0.343 e. The normalized spacial score (nSPS) is 10.0. The van der Waals surface area contributed by atoms with Crippen molar-refractivity contribution in [1.82, 2.24) is 0 Å². The zero-order valence-electron chi connectivity index (χ0n) is 15.1. The van der Waals surface area contributed by atoms with Gasteiger partial charge in [0.2, 0.25) is 0 Å². The maximum atomic E-state index is 12.2. The molecule has 0 bridgehead atoms. The molecule has 4 nitrogen and oxygen atoms in total. The predicted octanol–water partition coefficient (Wildman–Crippen LogP) is 5.41. The Morgan fingerprint density at radius 3 is 1.18 bits per heavy atom. The highest BCUT2D eigenvalue weighted by Gasteiger charge is 2.11. The van der Waals surface area contributed by atoms with E-state index in [9.17, 15) is 9.59 Å². The van der Waals surface area contributed by atoms with Gasteiger partial charge in [-0.25, -0.2) is 9.59 Å². The van der Waals surface area contributed by atoms with Crippen LogP contribution in [0.5, 0.6) is 11.5 Å². The van der Waals surface area contributed by atoms with E-state index in [0.717, 1.165) is 11.1 Å². The van der Waals surface area contributed by atoms with Gasteiger partial charge in [0, 0.05) is 0 Å². The molecule has 0 amide bonds. The van der Waals surface area contributed by atoms with E-state index in [-0.39, 0.29) is 0 Å². The van der Waals surface area contributed by atoms with Crippen LogP contribution in [-0.4, -0.2) is 11.9 Å². The SMILES string of the molecule is C=Cc1ccc(C(=O)Oc2ccc(OC(=O)c3ccc(C=C)cc3)cc2)cc1. The number of hydrogen-bond acceptors (Lipinski definition) is 4. The molecule has 138 valence electrons. The molecule has 0 heterocycles. The Kier molecular flexibility index (Phi) is 5.82. The summed E-state index contributed by atoms with van der Waals surface area (Å²) in [5.74, 6) is -0.230. The van der Waals surface area contributed by atoms with Crippen LogP contribution in [0.4, 0.5) is 0 Å². The highest BCUT2D eigenvalue weighted by atomic mass is 16.5. The Bertz CT molecular complexity index is 913. The fourth-order valence-corrected chi connectivity index (χ4v) is 2.42. The number of hydrogen-bond donors (Lipinski definition) is 0. The fourth-order valence-electron chi connectivity index (χ4n) is 2.42. The number of benzene rings is 3. The van der Waals surface area contributed by atoms with Crippen LogP contribution in [0.1, 0.15) is 31.8 Å². The minimum absolute atomic E-state index is 0.355. The van der Waals surface area contributed by atoms with Crippen LogP contribution in [0.25, 0.3) is 12.2 Å². The van der Waals surface area contributed by atoms with Crippen LogP contribution in [-0.2, 0) is 0 Å². The third kappa shape index (κ3) is 4.62. The second kappa shape index (κ2) is 8.64. The third-order valence-electron chi connectivity index (χ3n) is 4.01. The molecule has 0 aliphatic carbocycles. The van der Waals surface area contributed by atoms with E-state index in [1.807, 2.05) is 0 Å². The molecule has 0 aliphatic rings. The number of rotatable bonds is 6. The van der Waals surface area contributed by atoms with Gasteiger partial charge in [-0.1, -0.05) is 49.6 Å². The van der Waals surface area contributed by atoms with Gasteiger partial charge < -0.3 is 9.47 Å². The molecule has 0 unspecified atom stereocenters. The summed E-state index contributed by atoms with van der Waals surface area (Å²) in [5, 5.41) is 0. The van der Waals surface area contributed by atoms with Crippen molar-refractivity contribution in [2.75, 3.05) is 0 Å². The van der Waals surface area contributed by atoms with E-state index in [1.54, 1.807) is 84.9 Å². The zero-order valence-corrected chi connectivity index (χ0v) is 15.1. The van der Waals surface area contributed by atoms with Gasteiger partial charge in [-0.05, 0) is 59.7 Å². The van der Waals surface area contributed by atoms with Crippen LogP contribution >= 0.6 is 0 Å². The van der Waals surface area contributed by atoms with Crippen molar-refractivity contribution in [3.05, 3.63) is 108 Å². The van der Waals surface area contributed by atoms with Crippen molar-refractivity contribution in [3.63, 3.8) is 0 Å². The third-order valence-corrected chi connectivity index (χ3v) is 4.01. The summed E-state index contributed by atoms with van der Waals surface area (Å²) < 4.78 is 10.7. The lowest BCUT2D eigenvalue weighted by Gasteiger charge is -2.07. The first-order valence-corrected chi connectivity index (χ1v) is 8.58. The Morgan fingerprint density at radius 1 is 0.571 bits per heavy atom. The van der Waals surface area contributed by atoms with E-state index in [0.29, 0.717) is 22.6 Å². The Balaban J connectivity index is 1.62. The molecule has 3 aromatic rings. The van der Waals surface area contributed by atoms with Crippen molar-refractivity contribution in [2.24, 2.45) is 0 Å². The number of ether oxygens (including phenoxy) is 2. The lowest BCUT2D eigenvalue weighted by molar-refractivity contribution is 0.0719. The molecule has 3 rings (SSSR count). The van der Waals surface area contributed by atoms with Crippen molar-refractivity contribution < 1.29 is 19.1 Å². The average molecular weight is 370 g/mol. The monoisotopic (exact) mass is 370 g/mol. The minimum atomic E-state index is -0.470. The fraction of sp³-hybridized carbons (Fsp3) is 0. The number of esters is 2. The van der Waals surface area contributed by atoms with E-state index in [1.165, 1.54) is 0 Å². The van der Waals surface area contributed by atoms with Gasteiger partial charge in [-0.3, -0.25) is 0 Å². The Labute approximate surface area is 163 Å². The van der Waals surface area contributed by atoms with Crippen molar-refractivity contribution in [1.29, 1.82) is 0 Å². The van der Waals surface area contributed by atoms with Gasteiger partial charge in [0.25, 0.3) is 0 Å². The predicted molar refractivity (Wildman–Crippen MR) is 109 cm³/mol. The Morgan fingerprint density at radius 2 is 0.893 bits per heavy atom. The lowest BCUT2D eigenvalue weighted by Crippen LogP contribution is -2.09. The molecule has 3 aromatic carbocycles. The minimum Gasteiger partial charge on any atom is -0.423 e. The van der Waals surface area contributed by atoms with E-state index < -0.39 is 11.9 Å². The zero-order chi connectivity index (χ0) is 19.9. The molecule has 28 heavy (non-hydrogen) atoms. The number of carbonyl (C=O) groups is 2. The highest BCUT2D eigenvalue weighted by Crippen LogP contribution is 2.20. The summed E-state index contributed by atoms with van der Waals surface area (Å²) in [4.78, 5) is 24.3. The molecular weight excluding hydrogens is 352 g/mol. The molecule has 4 heteroatoms. The summed E-state index contributed by atoms with van der Waals surface area (Å²) >= 11 is 0. The summed E-state index contributed by atoms with van der Waals surface area (Å²) in [5.41, 5.74) is 2.71. The molecule has 0 radical (unpaired) electrons. The Hall–Kier alpha value is -3.92. The first kappa shape index (κ1) is 18.9. The highest BCUT2D eigenvalue weighted by molar-refractivity contribution is 5.92. The average Bonchev–Trinajstić information content (AvgIpc) is 2.75. The van der Waals surface area contributed by atoms with Crippen LogP contribution < -0.4 is 9.47 Å². The van der Waals surface area contributed by atoms with Crippen molar-refractivity contribution in [3.8, 4) is 11.5 Å². The molecule has 0 saturated heterocycles. The summed E-state index contributed by atoms with van der Waals surface area (Å²) in [6.45, 7) is 7.35. The lowest BCUT2D eigenvalue weighted by atomic mass is 10.1. The molecule has 0 fully saturated rings. The quantitative estimate of drug-likeness (QED) is 0.430. The van der Waals surface area contributed by atoms with Gasteiger partial charge >= 0.3 is 11.9 Å². The molecule has 0 spiro atoms. The van der Waals surface area contributed by atoms with Crippen LogP contribution in [0.3, 0.4) is 0 Å². The van der Waals surface area contributed by atoms with Crippen molar-refractivity contribution >= 4 is 24.1 Å². The van der Waals surface area contributed by atoms with E-state index in [2.05, 4.69) is 13.2 Å². The van der Waals surface area contributed by atoms with Crippen molar-refractivity contribution in [2.45, 2.75) is 0 Å². The second-order valence-electron chi connectivity index (χ2n) is 5.90. The summed E-state index contributed by atoms with van der Waals surface area (Å²) in [6, 6.07) is 20.1. The number of carbonyl (C=O) groups excluding carboxylic acids is 2. The standard InChI is InChI=1S/C24H18O4/c1-3-17-5-9-19(10-6-17)23(25)27-21-13-15-22(16-14-21)28-24(26)20-11-7-18(4-2)8-12-20/h3-16H,1-2H2. The van der Waals surface area contributed by atoms with Crippen LogP contribution in [0.2, 0.25) is 0 Å². The molecular formula is C24H18O4. The van der Waals surface area contributed by atoms with Gasteiger partial charge in [0.1, 0.15) is 11.5 Å². The van der Waals surface area contributed by atoms with Crippen LogP contribution in [0, 0.1) is 0 Å². The van der Waals surface area contributed by atoms with E-state index >= 15 is 0 Å². The van der Waals surface area contributed by atoms with Gasteiger partial charge in [0.05, 0.1) is 11.1 Å². The molecule has 0 aliphatic heterocycles. The summed E-state index contributed by atoms with van der Waals surface area (Å²) in [7, 11) is 0. The maximum absolute atomic E-state index is 12.2. The van der Waals surface area contributed by atoms with Gasteiger partial charge in [0.15, 0.2) is 0 Å².